The minimum Gasteiger partial charge on any atom is -0.398 e. The van der Waals surface area contributed by atoms with Gasteiger partial charge in [-0.25, -0.2) is 13.1 Å². The fourth-order valence-electron chi connectivity index (χ4n) is 1.80. The van der Waals surface area contributed by atoms with Crippen molar-refractivity contribution in [1.82, 2.24) is 4.72 Å². The summed E-state index contributed by atoms with van der Waals surface area (Å²) < 4.78 is 27.2. The van der Waals surface area contributed by atoms with Crippen molar-refractivity contribution in [2.24, 2.45) is 5.41 Å². The summed E-state index contributed by atoms with van der Waals surface area (Å²) in [4.78, 5) is 0.111. The SMILES string of the molecule is Cc1cc(N)c(S(=O)(=O)NCC(C)(C)CCO)cc1C. The van der Waals surface area contributed by atoms with Crippen LogP contribution >= 0.6 is 0 Å². The van der Waals surface area contributed by atoms with Gasteiger partial charge in [0.05, 0.1) is 5.69 Å². The highest BCUT2D eigenvalue weighted by molar-refractivity contribution is 7.89. The number of aliphatic hydroxyl groups is 1. The number of rotatable bonds is 6. The lowest BCUT2D eigenvalue weighted by Crippen LogP contribution is -2.35. The molecule has 0 aliphatic heterocycles. The maximum atomic E-state index is 12.3. The zero-order valence-corrected chi connectivity index (χ0v) is 13.3. The minimum atomic E-state index is -3.64. The van der Waals surface area contributed by atoms with Gasteiger partial charge < -0.3 is 10.8 Å². The van der Waals surface area contributed by atoms with E-state index in [1.165, 1.54) is 0 Å². The van der Waals surface area contributed by atoms with Gasteiger partial charge in [0.2, 0.25) is 10.0 Å². The summed E-state index contributed by atoms with van der Waals surface area (Å²) in [6.45, 7) is 7.82. The number of anilines is 1. The molecule has 0 fully saturated rings. The van der Waals surface area contributed by atoms with Gasteiger partial charge in [-0.2, -0.15) is 0 Å². The largest absolute Gasteiger partial charge is 0.398 e. The van der Waals surface area contributed by atoms with Gasteiger partial charge in [-0.15, -0.1) is 0 Å². The standard InChI is InChI=1S/C14H24N2O3S/c1-10-7-12(15)13(8-11(10)2)20(18,19)16-9-14(3,4)5-6-17/h7-8,16-17H,5-6,9,15H2,1-4H3. The summed E-state index contributed by atoms with van der Waals surface area (Å²) >= 11 is 0. The molecule has 4 N–H and O–H groups in total. The normalized spacial score (nSPS) is 12.7. The summed E-state index contributed by atoms with van der Waals surface area (Å²) in [7, 11) is -3.64. The van der Waals surface area contributed by atoms with Gasteiger partial charge in [-0.3, -0.25) is 0 Å². The molecule has 1 aromatic carbocycles. The Labute approximate surface area is 121 Å². The smallest absolute Gasteiger partial charge is 0.242 e. The lowest BCUT2D eigenvalue weighted by atomic mass is 9.90. The lowest BCUT2D eigenvalue weighted by Gasteiger charge is -2.24. The average Bonchev–Trinajstić information content (AvgIpc) is 2.31. The van der Waals surface area contributed by atoms with E-state index in [2.05, 4.69) is 4.72 Å². The average molecular weight is 300 g/mol. The van der Waals surface area contributed by atoms with Crippen molar-refractivity contribution >= 4 is 15.7 Å². The van der Waals surface area contributed by atoms with Crippen LogP contribution in [0.1, 0.15) is 31.4 Å². The first kappa shape index (κ1) is 16.9. The van der Waals surface area contributed by atoms with Gasteiger partial charge >= 0.3 is 0 Å². The monoisotopic (exact) mass is 300 g/mol. The molecule has 5 nitrogen and oxygen atoms in total. The van der Waals surface area contributed by atoms with Crippen molar-refractivity contribution < 1.29 is 13.5 Å². The molecule has 6 heteroatoms. The number of aliphatic hydroxyl groups excluding tert-OH is 1. The van der Waals surface area contributed by atoms with Crippen LogP contribution in [0, 0.1) is 19.3 Å². The molecule has 114 valence electrons. The molecule has 0 amide bonds. The molecule has 0 heterocycles. The van der Waals surface area contributed by atoms with E-state index in [0.29, 0.717) is 6.42 Å². The van der Waals surface area contributed by atoms with Gasteiger partial charge in [-0.1, -0.05) is 13.8 Å². The molecule has 0 aliphatic carbocycles. The summed E-state index contributed by atoms with van der Waals surface area (Å²) in [6.07, 6.45) is 0.526. The molecule has 0 saturated heterocycles. The highest BCUT2D eigenvalue weighted by atomic mass is 32.2. The van der Waals surface area contributed by atoms with E-state index in [1.54, 1.807) is 12.1 Å². The van der Waals surface area contributed by atoms with Crippen LogP contribution in [0.15, 0.2) is 17.0 Å². The Hall–Kier alpha value is -1.11. The van der Waals surface area contributed by atoms with E-state index in [4.69, 9.17) is 10.8 Å². The first-order valence-corrected chi connectivity index (χ1v) is 8.05. The van der Waals surface area contributed by atoms with E-state index in [-0.39, 0.29) is 29.1 Å². The number of nitrogens with two attached hydrogens (primary N) is 1. The van der Waals surface area contributed by atoms with Gasteiger partial charge in [0.15, 0.2) is 0 Å². The van der Waals surface area contributed by atoms with Crippen LogP contribution in [-0.2, 0) is 10.0 Å². The van der Waals surface area contributed by atoms with Crippen molar-refractivity contribution in [3.05, 3.63) is 23.3 Å². The molecule has 0 aliphatic rings. The molecule has 0 aromatic heterocycles. The Balaban J connectivity index is 2.98. The van der Waals surface area contributed by atoms with Crippen LogP contribution in [0.2, 0.25) is 0 Å². The quantitative estimate of drug-likeness (QED) is 0.695. The third-order valence-electron chi connectivity index (χ3n) is 3.44. The van der Waals surface area contributed by atoms with Crippen LogP contribution in [0.5, 0.6) is 0 Å². The minimum absolute atomic E-state index is 0.0283. The molecule has 0 saturated carbocycles. The van der Waals surface area contributed by atoms with Crippen molar-refractivity contribution in [2.45, 2.75) is 39.0 Å². The van der Waals surface area contributed by atoms with Crippen molar-refractivity contribution in [3.63, 3.8) is 0 Å². The Morgan fingerprint density at radius 2 is 1.80 bits per heavy atom. The zero-order valence-electron chi connectivity index (χ0n) is 12.5. The summed E-state index contributed by atoms with van der Waals surface area (Å²) in [5, 5.41) is 8.96. The van der Waals surface area contributed by atoms with Gasteiger partial charge in [-0.05, 0) is 48.9 Å². The van der Waals surface area contributed by atoms with Crippen LogP contribution in [0.3, 0.4) is 0 Å². The van der Waals surface area contributed by atoms with E-state index >= 15 is 0 Å². The third kappa shape index (κ3) is 4.19. The molecule has 0 spiro atoms. The number of nitrogens with one attached hydrogen (secondary N) is 1. The molecule has 0 radical (unpaired) electrons. The van der Waals surface area contributed by atoms with Crippen LogP contribution in [-0.4, -0.2) is 26.7 Å². The maximum absolute atomic E-state index is 12.3. The van der Waals surface area contributed by atoms with Gasteiger partial charge in [0.25, 0.3) is 0 Å². The van der Waals surface area contributed by atoms with Crippen molar-refractivity contribution in [3.8, 4) is 0 Å². The maximum Gasteiger partial charge on any atom is 0.242 e. The van der Waals surface area contributed by atoms with Crippen molar-refractivity contribution in [2.75, 3.05) is 18.9 Å². The summed E-state index contributed by atoms with van der Waals surface area (Å²) in [5.74, 6) is 0. The second-order valence-electron chi connectivity index (χ2n) is 5.94. The number of hydrogen-bond donors (Lipinski definition) is 3. The lowest BCUT2D eigenvalue weighted by molar-refractivity contribution is 0.213. The number of benzene rings is 1. The van der Waals surface area contributed by atoms with E-state index in [1.807, 2.05) is 27.7 Å². The molecule has 0 bridgehead atoms. The number of aryl methyl sites for hydroxylation is 2. The predicted octanol–water partition coefficient (Wildman–Crippen LogP) is 1.57. The zero-order chi connectivity index (χ0) is 15.6. The second kappa shape index (κ2) is 6.11. The Morgan fingerprint density at radius 1 is 1.25 bits per heavy atom. The number of hydrogen-bond acceptors (Lipinski definition) is 4. The van der Waals surface area contributed by atoms with Crippen molar-refractivity contribution in [1.29, 1.82) is 0 Å². The van der Waals surface area contributed by atoms with Crippen LogP contribution < -0.4 is 10.5 Å². The van der Waals surface area contributed by atoms with E-state index < -0.39 is 10.0 Å². The Morgan fingerprint density at radius 3 is 2.35 bits per heavy atom. The van der Waals surface area contributed by atoms with Crippen LogP contribution in [0.4, 0.5) is 5.69 Å². The predicted molar refractivity (Wildman–Crippen MR) is 81.0 cm³/mol. The van der Waals surface area contributed by atoms with Gasteiger partial charge in [0, 0.05) is 13.2 Å². The fourth-order valence-corrected chi connectivity index (χ4v) is 3.24. The Kier molecular flexibility index (Phi) is 5.18. The first-order valence-electron chi connectivity index (χ1n) is 6.56. The second-order valence-corrected chi connectivity index (χ2v) is 7.67. The van der Waals surface area contributed by atoms with E-state index in [9.17, 15) is 8.42 Å². The molecule has 1 aromatic rings. The number of sulfonamides is 1. The summed E-state index contributed by atoms with van der Waals surface area (Å²) in [5.41, 5.74) is 7.60. The third-order valence-corrected chi connectivity index (χ3v) is 4.90. The first-order chi connectivity index (χ1) is 9.09. The molecule has 0 unspecified atom stereocenters. The van der Waals surface area contributed by atoms with Crippen LogP contribution in [0.25, 0.3) is 0 Å². The molecular formula is C14H24N2O3S. The molecule has 0 atom stereocenters. The van der Waals surface area contributed by atoms with E-state index in [0.717, 1.165) is 11.1 Å². The molecule has 20 heavy (non-hydrogen) atoms. The molecular weight excluding hydrogens is 276 g/mol. The summed E-state index contributed by atoms with van der Waals surface area (Å²) in [6, 6.07) is 3.26. The molecule has 1 rings (SSSR count). The fraction of sp³-hybridized carbons (Fsp3) is 0.571. The Bertz CT molecular complexity index is 580. The number of nitrogen functional groups attached to an aromatic ring is 1. The highest BCUT2D eigenvalue weighted by Crippen LogP contribution is 2.24. The highest BCUT2D eigenvalue weighted by Gasteiger charge is 2.23. The van der Waals surface area contributed by atoms with Gasteiger partial charge in [0.1, 0.15) is 4.90 Å². The topological polar surface area (TPSA) is 92.4 Å².